The number of esters is 1. The minimum atomic E-state index is -1.06. The molecule has 0 radical (unpaired) electrons. The van der Waals surface area contributed by atoms with Crippen LogP contribution in [0.15, 0.2) is 35.4 Å². The van der Waals surface area contributed by atoms with E-state index in [2.05, 4.69) is 10.5 Å². The molecule has 6 nitrogen and oxygen atoms in total. The van der Waals surface area contributed by atoms with E-state index in [4.69, 9.17) is 4.74 Å². The maximum atomic E-state index is 11.8. The molecular formula is C13H14N2O4. The van der Waals surface area contributed by atoms with Crippen LogP contribution in [0, 0.1) is 0 Å². The van der Waals surface area contributed by atoms with Gasteiger partial charge in [0.05, 0.1) is 12.5 Å². The summed E-state index contributed by atoms with van der Waals surface area (Å²) in [6.07, 6.45) is 0. The second kappa shape index (κ2) is 5.51. The van der Waals surface area contributed by atoms with E-state index in [1.54, 1.807) is 31.2 Å². The topological polar surface area (TPSA) is 88.0 Å². The SMILES string of the molecule is CCOC(=O)C1=NN[C@H](C(=O)O)[C@@H]1c1ccccc1. The number of hydrazone groups is 1. The monoisotopic (exact) mass is 262 g/mol. The lowest BCUT2D eigenvalue weighted by Crippen LogP contribution is -2.37. The number of carbonyl (C=O) groups excluding carboxylic acids is 1. The Hall–Kier alpha value is -2.37. The minimum Gasteiger partial charge on any atom is -0.480 e. The molecule has 1 aromatic carbocycles. The summed E-state index contributed by atoms with van der Waals surface area (Å²) >= 11 is 0. The second-order valence-corrected chi connectivity index (χ2v) is 4.05. The number of hydrogen-bond acceptors (Lipinski definition) is 5. The van der Waals surface area contributed by atoms with E-state index in [-0.39, 0.29) is 12.3 Å². The van der Waals surface area contributed by atoms with Gasteiger partial charge >= 0.3 is 11.9 Å². The first-order valence-corrected chi connectivity index (χ1v) is 5.93. The van der Waals surface area contributed by atoms with Gasteiger partial charge in [-0.2, -0.15) is 5.10 Å². The lowest BCUT2D eigenvalue weighted by Gasteiger charge is -2.16. The lowest BCUT2D eigenvalue weighted by molar-refractivity contribution is -0.139. The second-order valence-electron chi connectivity index (χ2n) is 4.05. The summed E-state index contributed by atoms with van der Waals surface area (Å²) in [6.45, 7) is 1.91. The first-order chi connectivity index (χ1) is 9.15. The van der Waals surface area contributed by atoms with Gasteiger partial charge in [0.15, 0.2) is 11.8 Å². The highest BCUT2D eigenvalue weighted by atomic mass is 16.5. The summed E-state index contributed by atoms with van der Waals surface area (Å²) in [4.78, 5) is 23.0. The van der Waals surface area contributed by atoms with Crippen molar-refractivity contribution in [3.05, 3.63) is 35.9 Å². The molecule has 2 rings (SSSR count). The predicted octanol–water partition coefficient (Wildman–Crippen LogP) is 0.746. The van der Waals surface area contributed by atoms with Crippen molar-refractivity contribution in [1.29, 1.82) is 0 Å². The van der Waals surface area contributed by atoms with Crippen molar-refractivity contribution in [3.63, 3.8) is 0 Å². The van der Waals surface area contributed by atoms with Crippen LogP contribution in [-0.4, -0.2) is 35.4 Å². The van der Waals surface area contributed by atoms with Crippen molar-refractivity contribution in [2.24, 2.45) is 5.10 Å². The molecule has 1 aliphatic rings. The molecule has 0 fully saturated rings. The number of rotatable bonds is 4. The zero-order valence-corrected chi connectivity index (χ0v) is 10.4. The summed E-state index contributed by atoms with van der Waals surface area (Å²) in [5, 5.41) is 13.0. The number of nitrogens with one attached hydrogen (secondary N) is 1. The number of carboxylic acid groups (broad SMARTS) is 1. The van der Waals surface area contributed by atoms with Gasteiger partial charge in [0, 0.05) is 0 Å². The Morgan fingerprint density at radius 3 is 2.63 bits per heavy atom. The Balaban J connectivity index is 2.34. The van der Waals surface area contributed by atoms with E-state index < -0.39 is 23.9 Å². The summed E-state index contributed by atoms with van der Waals surface area (Å²) in [7, 11) is 0. The molecule has 0 aliphatic carbocycles. The summed E-state index contributed by atoms with van der Waals surface area (Å²) in [5.41, 5.74) is 3.29. The van der Waals surface area contributed by atoms with Crippen LogP contribution in [0.3, 0.4) is 0 Å². The normalized spacial score (nSPS) is 21.4. The summed E-state index contributed by atoms with van der Waals surface area (Å²) < 4.78 is 4.90. The van der Waals surface area contributed by atoms with Gasteiger partial charge in [-0.25, -0.2) is 9.59 Å². The summed E-state index contributed by atoms with van der Waals surface area (Å²) in [5.74, 6) is -2.29. The van der Waals surface area contributed by atoms with Gasteiger partial charge in [0.2, 0.25) is 0 Å². The molecule has 0 saturated heterocycles. The van der Waals surface area contributed by atoms with Crippen molar-refractivity contribution in [1.82, 2.24) is 5.43 Å². The Morgan fingerprint density at radius 2 is 2.05 bits per heavy atom. The fourth-order valence-corrected chi connectivity index (χ4v) is 2.03. The first-order valence-electron chi connectivity index (χ1n) is 5.93. The Labute approximate surface area is 110 Å². The van der Waals surface area contributed by atoms with E-state index in [9.17, 15) is 14.7 Å². The van der Waals surface area contributed by atoms with Crippen LogP contribution in [0.5, 0.6) is 0 Å². The van der Waals surface area contributed by atoms with E-state index in [1.165, 1.54) is 0 Å². The Bertz CT molecular complexity index is 513. The number of nitrogens with zero attached hydrogens (tertiary/aromatic N) is 1. The first kappa shape index (κ1) is 13.1. The Kier molecular flexibility index (Phi) is 3.79. The highest BCUT2D eigenvalue weighted by Gasteiger charge is 2.41. The largest absolute Gasteiger partial charge is 0.480 e. The van der Waals surface area contributed by atoms with Crippen LogP contribution in [0.25, 0.3) is 0 Å². The average Bonchev–Trinajstić information content (AvgIpc) is 2.85. The molecule has 1 aliphatic heterocycles. The summed E-state index contributed by atoms with van der Waals surface area (Å²) in [6, 6.07) is 7.97. The molecule has 1 heterocycles. The van der Waals surface area contributed by atoms with Crippen LogP contribution in [0.1, 0.15) is 18.4 Å². The van der Waals surface area contributed by atoms with Crippen molar-refractivity contribution >= 4 is 17.7 Å². The van der Waals surface area contributed by atoms with Crippen molar-refractivity contribution < 1.29 is 19.4 Å². The number of benzene rings is 1. The quantitative estimate of drug-likeness (QED) is 0.781. The molecule has 0 bridgehead atoms. The Morgan fingerprint density at radius 1 is 1.37 bits per heavy atom. The maximum absolute atomic E-state index is 11.8. The van der Waals surface area contributed by atoms with E-state index >= 15 is 0 Å². The van der Waals surface area contributed by atoms with Crippen LogP contribution in [0.4, 0.5) is 0 Å². The molecule has 2 atom stereocenters. The highest BCUT2D eigenvalue weighted by Crippen LogP contribution is 2.26. The van der Waals surface area contributed by atoms with Gasteiger partial charge < -0.3 is 9.84 Å². The fraction of sp³-hybridized carbons (Fsp3) is 0.308. The molecule has 6 heteroatoms. The van der Waals surface area contributed by atoms with Gasteiger partial charge in [0.1, 0.15) is 0 Å². The fourth-order valence-electron chi connectivity index (χ4n) is 2.03. The maximum Gasteiger partial charge on any atom is 0.355 e. The van der Waals surface area contributed by atoms with Crippen LogP contribution in [0.2, 0.25) is 0 Å². The van der Waals surface area contributed by atoms with Crippen LogP contribution >= 0.6 is 0 Å². The molecule has 19 heavy (non-hydrogen) atoms. The van der Waals surface area contributed by atoms with Crippen LogP contribution < -0.4 is 5.43 Å². The van der Waals surface area contributed by atoms with Gasteiger partial charge in [-0.15, -0.1) is 0 Å². The van der Waals surface area contributed by atoms with Crippen molar-refractivity contribution in [3.8, 4) is 0 Å². The molecule has 0 spiro atoms. The van der Waals surface area contributed by atoms with E-state index in [0.717, 1.165) is 0 Å². The van der Waals surface area contributed by atoms with E-state index in [0.29, 0.717) is 5.56 Å². The molecule has 0 saturated carbocycles. The zero-order chi connectivity index (χ0) is 13.8. The number of carboxylic acids is 1. The van der Waals surface area contributed by atoms with Crippen molar-refractivity contribution in [2.45, 2.75) is 18.9 Å². The van der Waals surface area contributed by atoms with Gasteiger partial charge in [-0.1, -0.05) is 30.3 Å². The van der Waals surface area contributed by atoms with Gasteiger partial charge in [0.25, 0.3) is 0 Å². The standard InChI is InChI=1S/C13H14N2O4/c1-2-19-13(18)11-9(8-6-4-3-5-7-8)10(12(16)17)14-15-11/h3-7,9-10,14H,2H2,1H3,(H,16,17)/t9-,10-/m0/s1. The molecular weight excluding hydrogens is 248 g/mol. The molecule has 0 amide bonds. The molecule has 100 valence electrons. The molecule has 2 N–H and O–H groups in total. The van der Waals surface area contributed by atoms with E-state index in [1.807, 2.05) is 6.07 Å². The zero-order valence-electron chi connectivity index (χ0n) is 10.4. The van der Waals surface area contributed by atoms with Crippen LogP contribution in [-0.2, 0) is 14.3 Å². The third-order valence-electron chi connectivity index (χ3n) is 2.86. The smallest absolute Gasteiger partial charge is 0.355 e. The van der Waals surface area contributed by atoms with Crippen molar-refractivity contribution in [2.75, 3.05) is 6.61 Å². The average molecular weight is 262 g/mol. The minimum absolute atomic E-state index is 0.0976. The number of aliphatic carboxylic acids is 1. The van der Waals surface area contributed by atoms with Gasteiger partial charge in [-0.05, 0) is 12.5 Å². The highest BCUT2D eigenvalue weighted by molar-refractivity contribution is 6.39. The number of ether oxygens (including phenoxy) is 1. The number of hydrogen-bond donors (Lipinski definition) is 2. The molecule has 1 aromatic rings. The third-order valence-corrected chi connectivity index (χ3v) is 2.86. The molecule has 0 aromatic heterocycles. The molecule has 0 unspecified atom stereocenters. The number of carbonyl (C=O) groups is 2. The predicted molar refractivity (Wildman–Crippen MR) is 67.8 cm³/mol. The lowest BCUT2D eigenvalue weighted by atomic mass is 9.88. The van der Waals surface area contributed by atoms with Gasteiger partial charge in [-0.3, -0.25) is 5.43 Å². The third kappa shape index (κ3) is 2.57.